The summed E-state index contributed by atoms with van der Waals surface area (Å²) in [6.45, 7) is 6.63. The second-order valence-corrected chi connectivity index (χ2v) is 8.45. The first-order chi connectivity index (χ1) is 9.82. The zero-order valence-electron chi connectivity index (χ0n) is 13.6. The summed E-state index contributed by atoms with van der Waals surface area (Å²) in [4.78, 5) is 26.8. The molecule has 2 aliphatic rings. The van der Waals surface area contributed by atoms with E-state index in [2.05, 4.69) is 11.6 Å². The number of nitrogens with one attached hydrogen (secondary N) is 1. The van der Waals surface area contributed by atoms with Gasteiger partial charge in [0.05, 0.1) is 0 Å². The van der Waals surface area contributed by atoms with Crippen LogP contribution in [0, 0.1) is 5.41 Å². The third-order valence-electron chi connectivity index (χ3n) is 4.70. The first kappa shape index (κ1) is 16.7. The lowest BCUT2D eigenvalue weighted by atomic mass is 9.85. The maximum Gasteiger partial charge on any atom is 0.245 e. The Kier molecular flexibility index (Phi) is 5.23. The molecule has 1 saturated heterocycles. The Bertz CT molecular complexity index is 398. The maximum absolute atomic E-state index is 12.9. The molecule has 1 saturated carbocycles. The van der Waals surface area contributed by atoms with Gasteiger partial charge in [0.2, 0.25) is 11.8 Å². The smallest absolute Gasteiger partial charge is 0.245 e. The maximum atomic E-state index is 12.9. The minimum absolute atomic E-state index is 0.00331. The number of hydrogen-bond donors (Lipinski definition) is 1. The number of nitrogens with zero attached hydrogens (tertiary/aromatic N) is 1. The third kappa shape index (κ3) is 3.93. The first-order valence-electron chi connectivity index (χ1n) is 7.95. The van der Waals surface area contributed by atoms with Crippen molar-refractivity contribution in [3.05, 3.63) is 0 Å². The van der Waals surface area contributed by atoms with Crippen molar-refractivity contribution in [1.29, 1.82) is 0 Å². The van der Waals surface area contributed by atoms with Crippen molar-refractivity contribution in [3.63, 3.8) is 0 Å². The fourth-order valence-corrected chi connectivity index (χ4v) is 4.08. The highest BCUT2D eigenvalue weighted by atomic mass is 32.2. The monoisotopic (exact) mass is 312 g/mol. The molecule has 1 aliphatic heterocycles. The normalized spacial score (nSPS) is 31.8. The van der Waals surface area contributed by atoms with Crippen LogP contribution in [0.2, 0.25) is 0 Å². The number of rotatable bonds is 2. The lowest BCUT2D eigenvalue weighted by molar-refractivity contribution is -0.139. The van der Waals surface area contributed by atoms with Gasteiger partial charge in [-0.15, -0.1) is 0 Å². The summed E-state index contributed by atoms with van der Waals surface area (Å²) in [7, 11) is 0. The van der Waals surface area contributed by atoms with Gasteiger partial charge in [0, 0.05) is 24.3 Å². The van der Waals surface area contributed by atoms with Crippen LogP contribution in [-0.4, -0.2) is 46.8 Å². The largest absolute Gasteiger partial charge is 0.344 e. The molecule has 0 aromatic carbocycles. The number of thioether (sulfide) groups is 1. The lowest BCUT2D eigenvalue weighted by Crippen LogP contribution is -2.54. The van der Waals surface area contributed by atoms with Crippen LogP contribution in [-0.2, 0) is 9.59 Å². The molecule has 0 bridgehead atoms. The molecule has 5 heteroatoms. The van der Waals surface area contributed by atoms with Gasteiger partial charge in [-0.1, -0.05) is 20.8 Å². The SMILES string of the molecule is CSC1CCC(N2CCC(=O)NC(C(C)(C)C)C2=O)CC1. The third-order valence-corrected chi connectivity index (χ3v) is 5.84. The highest BCUT2D eigenvalue weighted by molar-refractivity contribution is 7.99. The van der Waals surface area contributed by atoms with Crippen molar-refractivity contribution in [3.8, 4) is 0 Å². The molecule has 0 aromatic heterocycles. The van der Waals surface area contributed by atoms with Gasteiger partial charge in [0.1, 0.15) is 6.04 Å². The predicted molar refractivity (Wildman–Crippen MR) is 87.3 cm³/mol. The molecular formula is C16H28N2O2S. The van der Waals surface area contributed by atoms with E-state index in [1.165, 1.54) is 12.8 Å². The molecule has 1 aliphatic carbocycles. The van der Waals surface area contributed by atoms with Crippen LogP contribution in [0.25, 0.3) is 0 Å². The Balaban J connectivity index is 2.11. The van der Waals surface area contributed by atoms with Gasteiger partial charge in [-0.05, 0) is 37.4 Å². The molecule has 1 N–H and O–H groups in total. The molecule has 2 amide bonds. The van der Waals surface area contributed by atoms with Crippen molar-refractivity contribution in [2.24, 2.45) is 5.41 Å². The van der Waals surface area contributed by atoms with E-state index >= 15 is 0 Å². The van der Waals surface area contributed by atoms with Crippen LogP contribution < -0.4 is 5.32 Å². The van der Waals surface area contributed by atoms with Gasteiger partial charge in [-0.3, -0.25) is 9.59 Å². The molecular weight excluding hydrogens is 284 g/mol. The summed E-state index contributed by atoms with van der Waals surface area (Å²) < 4.78 is 0. The minimum atomic E-state index is -0.397. The van der Waals surface area contributed by atoms with Crippen LogP contribution in [0.3, 0.4) is 0 Å². The van der Waals surface area contributed by atoms with E-state index in [-0.39, 0.29) is 17.2 Å². The van der Waals surface area contributed by atoms with Crippen molar-refractivity contribution >= 4 is 23.6 Å². The topological polar surface area (TPSA) is 49.4 Å². The van der Waals surface area contributed by atoms with E-state index in [1.54, 1.807) is 0 Å². The van der Waals surface area contributed by atoms with Gasteiger partial charge in [0.25, 0.3) is 0 Å². The highest BCUT2D eigenvalue weighted by Crippen LogP contribution is 2.32. The lowest BCUT2D eigenvalue weighted by Gasteiger charge is -2.39. The van der Waals surface area contributed by atoms with Gasteiger partial charge < -0.3 is 10.2 Å². The molecule has 1 unspecified atom stereocenters. The van der Waals surface area contributed by atoms with Gasteiger partial charge in [-0.2, -0.15) is 11.8 Å². The Hall–Kier alpha value is -0.710. The zero-order chi connectivity index (χ0) is 15.6. The quantitative estimate of drug-likeness (QED) is 0.852. The molecule has 2 fully saturated rings. The summed E-state index contributed by atoms with van der Waals surface area (Å²) in [5.41, 5.74) is -0.244. The summed E-state index contributed by atoms with van der Waals surface area (Å²) in [6.07, 6.45) is 7.10. The molecule has 1 heterocycles. The first-order valence-corrected chi connectivity index (χ1v) is 9.24. The van der Waals surface area contributed by atoms with E-state index < -0.39 is 6.04 Å². The van der Waals surface area contributed by atoms with Crippen LogP contribution in [0.15, 0.2) is 0 Å². The molecule has 0 radical (unpaired) electrons. The second-order valence-electron chi connectivity index (χ2n) is 7.31. The molecule has 4 nitrogen and oxygen atoms in total. The van der Waals surface area contributed by atoms with E-state index in [0.29, 0.717) is 19.0 Å². The Morgan fingerprint density at radius 1 is 1.14 bits per heavy atom. The predicted octanol–water partition coefficient (Wildman–Crippen LogP) is 2.42. The molecule has 120 valence electrons. The van der Waals surface area contributed by atoms with Crippen LogP contribution >= 0.6 is 11.8 Å². The van der Waals surface area contributed by atoms with Gasteiger partial charge in [0.15, 0.2) is 0 Å². The second kappa shape index (κ2) is 6.59. The standard InChI is InChI=1S/C16H28N2O2S/c1-16(2,3)14-15(20)18(10-9-13(19)17-14)11-5-7-12(21-4)8-6-11/h11-12,14H,5-10H2,1-4H3,(H,17,19). The number of hydrogen-bond acceptors (Lipinski definition) is 3. The average Bonchev–Trinajstić information content (AvgIpc) is 2.58. The Morgan fingerprint density at radius 2 is 1.76 bits per heavy atom. The fraction of sp³-hybridized carbons (Fsp3) is 0.875. The number of carbonyl (C=O) groups excluding carboxylic acids is 2. The van der Waals surface area contributed by atoms with Crippen LogP contribution in [0.5, 0.6) is 0 Å². The van der Waals surface area contributed by atoms with Gasteiger partial charge >= 0.3 is 0 Å². The van der Waals surface area contributed by atoms with Crippen LogP contribution in [0.4, 0.5) is 0 Å². The minimum Gasteiger partial charge on any atom is -0.344 e. The summed E-state index contributed by atoms with van der Waals surface area (Å²) in [6, 6.07) is -0.0794. The van der Waals surface area contributed by atoms with E-state index in [1.807, 2.05) is 37.4 Å². The molecule has 0 spiro atoms. The Labute approximate surface area is 132 Å². The van der Waals surface area contributed by atoms with Gasteiger partial charge in [-0.25, -0.2) is 0 Å². The number of amides is 2. The zero-order valence-corrected chi connectivity index (χ0v) is 14.5. The molecule has 1 atom stereocenters. The van der Waals surface area contributed by atoms with Crippen molar-refractivity contribution in [2.75, 3.05) is 12.8 Å². The Morgan fingerprint density at radius 3 is 2.29 bits per heavy atom. The van der Waals surface area contributed by atoms with Crippen molar-refractivity contribution < 1.29 is 9.59 Å². The average molecular weight is 312 g/mol. The fourth-order valence-electron chi connectivity index (χ4n) is 3.33. The van der Waals surface area contributed by atoms with E-state index in [4.69, 9.17) is 0 Å². The molecule has 0 aromatic rings. The van der Waals surface area contributed by atoms with Crippen molar-refractivity contribution in [2.45, 2.75) is 70.2 Å². The van der Waals surface area contributed by atoms with Crippen molar-refractivity contribution in [1.82, 2.24) is 10.2 Å². The molecule has 2 rings (SSSR count). The summed E-state index contributed by atoms with van der Waals surface area (Å²) in [5, 5.41) is 3.66. The number of carbonyl (C=O) groups is 2. The van der Waals surface area contributed by atoms with E-state index in [0.717, 1.165) is 18.1 Å². The van der Waals surface area contributed by atoms with E-state index in [9.17, 15) is 9.59 Å². The summed E-state index contributed by atoms with van der Waals surface area (Å²) >= 11 is 1.93. The van der Waals surface area contributed by atoms with Crippen LogP contribution in [0.1, 0.15) is 52.9 Å². The molecule has 21 heavy (non-hydrogen) atoms. The summed E-state index contributed by atoms with van der Waals surface area (Å²) in [5.74, 6) is 0.115. The highest BCUT2D eigenvalue weighted by Gasteiger charge is 2.40.